The first-order valence-electron chi connectivity index (χ1n) is 6.10. The van der Waals surface area contributed by atoms with E-state index in [1.54, 1.807) is 6.07 Å². The lowest BCUT2D eigenvalue weighted by Gasteiger charge is -2.22. The van der Waals surface area contributed by atoms with Crippen molar-refractivity contribution in [2.45, 2.75) is 6.54 Å². The molecule has 5 heteroatoms. The Balaban J connectivity index is 2.27. The van der Waals surface area contributed by atoms with E-state index in [-0.39, 0.29) is 5.75 Å². The number of nitrogens with two attached hydrogens (primary N) is 1. The quantitative estimate of drug-likeness (QED) is 0.861. The van der Waals surface area contributed by atoms with Crippen LogP contribution in [0.3, 0.4) is 0 Å². The van der Waals surface area contributed by atoms with Crippen LogP contribution in [0.5, 0.6) is 5.75 Å². The van der Waals surface area contributed by atoms with Gasteiger partial charge in [0.25, 0.3) is 0 Å². The third-order valence-electron chi connectivity index (χ3n) is 3.02. The topological polar surface area (TPSA) is 38.5 Å². The molecule has 2 aromatic carbocycles. The molecule has 2 N–H and O–H groups in total. The summed E-state index contributed by atoms with van der Waals surface area (Å²) < 4.78 is 19.6. The molecule has 2 aromatic rings. The second-order valence-corrected chi connectivity index (χ2v) is 5.45. The van der Waals surface area contributed by atoms with E-state index in [1.165, 1.54) is 13.2 Å². The maximum atomic E-state index is 13.5. The third-order valence-corrected chi connectivity index (χ3v) is 3.51. The van der Waals surface area contributed by atoms with Crippen LogP contribution in [0.1, 0.15) is 5.56 Å². The Morgan fingerprint density at radius 3 is 2.70 bits per heavy atom. The van der Waals surface area contributed by atoms with E-state index in [0.29, 0.717) is 12.2 Å². The van der Waals surface area contributed by atoms with Gasteiger partial charge < -0.3 is 15.4 Å². The highest BCUT2D eigenvalue weighted by Crippen LogP contribution is 2.31. The molecule has 106 valence electrons. The van der Waals surface area contributed by atoms with Crippen molar-refractivity contribution in [3.63, 3.8) is 0 Å². The summed E-state index contributed by atoms with van der Waals surface area (Å²) in [5.41, 5.74) is 8.14. The van der Waals surface area contributed by atoms with Gasteiger partial charge in [-0.15, -0.1) is 0 Å². The van der Waals surface area contributed by atoms with Crippen molar-refractivity contribution in [3.05, 3.63) is 52.3 Å². The highest BCUT2D eigenvalue weighted by molar-refractivity contribution is 9.10. The van der Waals surface area contributed by atoms with Crippen molar-refractivity contribution in [2.75, 3.05) is 24.8 Å². The zero-order valence-electron chi connectivity index (χ0n) is 11.4. The number of methoxy groups -OCH3 is 1. The van der Waals surface area contributed by atoms with Crippen molar-refractivity contribution in [3.8, 4) is 5.75 Å². The molecule has 0 fully saturated rings. The molecule has 0 aliphatic carbocycles. The molecule has 0 atom stereocenters. The average Bonchev–Trinajstić information content (AvgIpc) is 2.38. The molecule has 0 aliphatic rings. The summed E-state index contributed by atoms with van der Waals surface area (Å²) in [5, 5.41) is 0. The Morgan fingerprint density at radius 1 is 1.30 bits per heavy atom. The van der Waals surface area contributed by atoms with Crippen LogP contribution in [-0.2, 0) is 6.54 Å². The molecule has 0 aliphatic heterocycles. The summed E-state index contributed by atoms with van der Waals surface area (Å²) in [6.45, 7) is 0.665. The fraction of sp³-hybridized carbons (Fsp3) is 0.200. The van der Waals surface area contributed by atoms with E-state index in [1.807, 2.05) is 36.2 Å². The van der Waals surface area contributed by atoms with Crippen molar-refractivity contribution in [2.24, 2.45) is 0 Å². The van der Waals surface area contributed by atoms with Crippen LogP contribution in [0.25, 0.3) is 0 Å². The summed E-state index contributed by atoms with van der Waals surface area (Å²) in [4.78, 5) is 1.96. The second-order valence-electron chi connectivity index (χ2n) is 4.53. The van der Waals surface area contributed by atoms with Crippen molar-refractivity contribution < 1.29 is 9.13 Å². The van der Waals surface area contributed by atoms with Gasteiger partial charge in [0.2, 0.25) is 0 Å². The fourth-order valence-corrected chi connectivity index (χ4v) is 2.49. The average molecular weight is 339 g/mol. The van der Waals surface area contributed by atoms with Crippen LogP contribution in [0, 0.1) is 5.82 Å². The number of halogens is 2. The zero-order chi connectivity index (χ0) is 14.7. The van der Waals surface area contributed by atoms with Gasteiger partial charge in [-0.2, -0.15) is 0 Å². The molecule has 0 bridgehead atoms. The second kappa shape index (κ2) is 6.13. The van der Waals surface area contributed by atoms with Gasteiger partial charge in [-0.25, -0.2) is 4.39 Å². The molecule has 3 nitrogen and oxygen atoms in total. The minimum absolute atomic E-state index is 0.190. The molecule has 0 aromatic heterocycles. The van der Waals surface area contributed by atoms with E-state index < -0.39 is 5.82 Å². The van der Waals surface area contributed by atoms with Crippen molar-refractivity contribution in [1.82, 2.24) is 0 Å². The Bertz CT molecular complexity index is 619. The zero-order valence-corrected chi connectivity index (χ0v) is 12.9. The molecule has 0 amide bonds. The lowest BCUT2D eigenvalue weighted by molar-refractivity contribution is 0.387. The summed E-state index contributed by atoms with van der Waals surface area (Å²) >= 11 is 3.44. The van der Waals surface area contributed by atoms with Gasteiger partial charge in [0.15, 0.2) is 11.6 Å². The summed E-state index contributed by atoms with van der Waals surface area (Å²) in [7, 11) is 3.34. The van der Waals surface area contributed by atoms with Crippen LogP contribution in [-0.4, -0.2) is 14.2 Å². The Kier molecular flexibility index (Phi) is 4.49. The lowest BCUT2D eigenvalue weighted by atomic mass is 10.2. The van der Waals surface area contributed by atoms with E-state index in [0.717, 1.165) is 15.7 Å². The Morgan fingerprint density at radius 2 is 2.05 bits per heavy atom. The Hall–Kier alpha value is -1.75. The fourth-order valence-electron chi connectivity index (χ4n) is 2.04. The van der Waals surface area contributed by atoms with Gasteiger partial charge in [-0.3, -0.25) is 0 Å². The molecule has 0 heterocycles. The maximum Gasteiger partial charge on any atom is 0.167 e. The largest absolute Gasteiger partial charge is 0.494 e. The molecular weight excluding hydrogens is 323 g/mol. The lowest BCUT2D eigenvalue weighted by Crippen LogP contribution is -2.18. The highest BCUT2D eigenvalue weighted by Gasteiger charge is 2.12. The third kappa shape index (κ3) is 3.22. The number of hydrogen-bond donors (Lipinski definition) is 1. The minimum atomic E-state index is -0.454. The summed E-state index contributed by atoms with van der Waals surface area (Å²) in [6, 6.07) is 10.9. The predicted molar refractivity (Wildman–Crippen MR) is 83.6 cm³/mol. The number of anilines is 2. The number of hydrogen-bond acceptors (Lipinski definition) is 3. The number of nitrogen functional groups attached to an aromatic ring is 1. The minimum Gasteiger partial charge on any atom is -0.494 e. The van der Waals surface area contributed by atoms with E-state index >= 15 is 0 Å². The molecule has 0 unspecified atom stereocenters. The van der Waals surface area contributed by atoms with Gasteiger partial charge in [0, 0.05) is 30.2 Å². The van der Waals surface area contributed by atoms with Gasteiger partial charge in [-0.05, 0) is 17.7 Å². The molecule has 2 rings (SSSR count). The number of ether oxygens (including phenoxy) is 1. The summed E-state index contributed by atoms with van der Waals surface area (Å²) in [5.74, 6) is -0.264. The van der Waals surface area contributed by atoms with Crippen molar-refractivity contribution in [1.29, 1.82) is 0 Å². The number of benzene rings is 2. The van der Waals surface area contributed by atoms with E-state index in [4.69, 9.17) is 10.5 Å². The molecule has 0 saturated heterocycles. The first-order chi connectivity index (χ1) is 9.51. The first kappa shape index (κ1) is 14.7. The van der Waals surface area contributed by atoms with Gasteiger partial charge in [0.1, 0.15) is 0 Å². The number of rotatable bonds is 4. The van der Waals surface area contributed by atoms with Gasteiger partial charge in [0.05, 0.1) is 18.5 Å². The first-order valence-corrected chi connectivity index (χ1v) is 6.89. The van der Waals surface area contributed by atoms with Crippen LogP contribution < -0.4 is 15.4 Å². The number of nitrogens with zero attached hydrogens (tertiary/aromatic N) is 1. The highest BCUT2D eigenvalue weighted by atomic mass is 79.9. The monoisotopic (exact) mass is 338 g/mol. The molecular formula is C15H16BrFN2O. The molecule has 0 saturated carbocycles. The molecule has 20 heavy (non-hydrogen) atoms. The normalized spacial score (nSPS) is 10.4. The molecule has 0 radical (unpaired) electrons. The maximum absolute atomic E-state index is 13.5. The predicted octanol–water partition coefficient (Wildman–Crippen LogP) is 3.82. The van der Waals surface area contributed by atoms with Crippen LogP contribution in [0.2, 0.25) is 0 Å². The molecule has 0 spiro atoms. The van der Waals surface area contributed by atoms with Gasteiger partial charge in [-0.1, -0.05) is 28.1 Å². The van der Waals surface area contributed by atoms with Crippen LogP contribution >= 0.6 is 15.9 Å². The van der Waals surface area contributed by atoms with Crippen molar-refractivity contribution >= 4 is 27.3 Å². The smallest absolute Gasteiger partial charge is 0.167 e. The van der Waals surface area contributed by atoms with E-state index in [9.17, 15) is 4.39 Å². The SMILES string of the molecule is COc1cc(N(C)Cc2cccc(Br)c2)c(N)cc1F. The Labute approximate surface area is 126 Å². The standard InChI is InChI=1S/C15H16BrFN2O/c1-19(9-10-4-3-5-11(16)6-10)14-8-15(20-2)12(17)7-13(14)18/h3-8H,9,18H2,1-2H3. The van der Waals surface area contributed by atoms with Crippen LogP contribution in [0.4, 0.5) is 15.8 Å². The van der Waals surface area contributed by atoms with E-state index in [2.05, 4.69) is 15.9 Å². The van der Waals surface area contributed by atoms with Crippen LogP contribution in [0.15, 0.2) is 40.9 Å². The van der Waals surface area contributed by atoms with Gasteiger partial charge >= 0.3 is 0 Å². The summed E-state index contributed by atoms with van der Waals surface area (Å²) in [6.07, 6.45) is 0.